The van der Waals surface area contributed by atoms with Gasteiger partial charge in [-0.25, -0.2) is 4.79 Å². The number of rotatable bonds is 5. The molecule has 27 heavy (non-hydrogen) atoms. The maximum Gasteiger partial charge on any atom is 0.317 e. The molecule has 4 rings (SSSR count). The van der Waals surface area contributed by atoms with Gasteiger partial charge in [0.1, 0.15) is 5.00 Å². The van der Waals surface area contributed by atoms with Crippen LogP contribution in [0.3, 0.4) is 0 Å². The molecule has 0 unspecified atom stereocenters. The number of primary amides is 2. The van der Waals surface area contributed by atoms with Gasteiger partial charge in [-0.05, 0) is 44.3 Å². The molecule has 9 heteroatoms. The summed E-state index contributed by atoms with van der Waals surface area (Å²) in [6, 6.07) is -0.700. The van der Waals surface area contributed by atoms with Gasteiger partial charge in [-0.3, -0.25) is 14.8 Å². The van der Waals surface area contributed by atoms with Gasteiger partial charge >= 0.3 is 6.03 Å². The normalized spacial score (nSPS) is 16.6. The smallest absolute Gasteiger partial charge is 0.317 e. The number of anilines is 1. The average molecular weight is 388 g/mol. The quantitative estimate of drug-likeness (QED) is 0.723. The van der Waals surface area contributed by atoms with Crippen LogP contribution in [0.2, 0.25) is 0 Å². The molecule has 0 aromatic carbocycles. The van der Waals surface area contributed by atoms with Crippen molar-refractivity contribution in [2.24, 2.45) is 11.5 Å². The largest absolute Gasteiger partial charge is 0.365 e. The highest BCUT2D eigenvalue weighted by Crippen LogP contribution is 2.44. The lowest BCUT2D eigenvalue weighted by Gasteiger charge is -2.26. The van der Waals surface area contributed by atoms with E-state index in [9.17, 15) is 9.59 Å². The molecule has 1 aliphatic heterocycles. The highest BCUT2D eigenvalue weighted by molar-refractivity contribution is 7.20. The maximum absolute atomic E-state index is 11.9. The maximum atomic E-state index is 11.9. The Morgan fingerprint density at radius 2 is 1.93 bits per heavy atom. The third-order valence-corrected chi connectivity index (χ3v) is 6.46. The summed E-state index contributed by atoms with van der Waals surface area (Å²) in [5, 5.41) is 7.71. The molecule has 1 aliphatic carbocycles. The van der Waals surface area contributed by atoms with Crippen molar-refractivity contribution in [3.05, 3.63) is 23.0 Å². The number of likely N-dealkylation sites (tertiary alicyclic amines) is 1. The molecule has 0 bridgehead atoms. The monoisotopic (exact) mass is 388 g/mol. The van der Waals surface area contributed by atoms with Crippen LogP contribution in [0.4, 0.5) is 9.80 Å². The first-order chi connectivity index (χ1) is 13.0. The summed E-state index contributed by atoms with van der Waals surface area (Å²) in [5.41, 5.74) is 14.1. The Bertz CT molecular complexity index is 881. The highest BCUT2D eigenvalue weighted by atomic mass is 32.1. The predicted octanol–water partition coefficient (Wildman–Crippen LogP) is 1.79. The molecular formula is C18H24N6O2S. The Labute approximate surface area is 161 Å². The lowest BCUT2D eigenvalue weighted by atomic mass is 9.94. The number of carbonyl (C=O) groups is 2. The van der Waals surface area contributed by atoms with Gasteiger partial charge in [0, 0.05) is 23.2 Å². The van der Waals surface area contributed by atoms with Crippen molar-refractivity contribution < 1.29 is 9.59 Å². The minimum absolute atomic E-state index is 0.375. The Morgan fingerprint density at radius 1 is 1.15 bits per heavy atom. The standard InChI is InChI=1S/C18H24N6O2S/c19-16(25)14-11-4-5-13-12(15(11)27-17(14)21-18(20)26)10-24(22-13)9-8-23-6-2-1-3-7-23/h10H,1-9H2,(H2,19,25)(H3,20,21,26). The summed E-state index contributed by atoms with van der Waals surface area (Å²) in [5.74, 6) is -0.544. The number of nitrogens with two attached hydrogens (primary N) is 2. The lowest BCUT2D eigenvalue weighted by Crippen LogP contribution is -2.32. The number of amides is 3. The van der Waals surface area contributed by atoms with Crippen LogP contribution in [0.5, 0.6) is 0 Å². The molecule has 1 fully saturated rings. The average Bonchev–Trinajstić information content (AvgIpc) is 3.20. The van der Waals surface area contributed by atoms with Crippen molar-refractivity contribution in [1.29, 1.82) is 0 Å². The third-order valence-electron chi connectivity index (χ3n) is 5.28. The van der Waals surface area contributed by atoms with E-state index in [4.69, 9.17) is 16.6 Å². The number of aromatic nitrogens is 2. The Kier molecular flexibility index (Phi) is 4.88. The summed E-state index contributed by atoms with van der Waals surface area (Å²) < 4.78 is 2.00. The number of nitrogens with one attached hydrogen (secondary N) is 1. The van der Waals surface area contributed by atoms with Gasteiger partial charge in [-0.2, -0.15) is 5.10 Å². The van der Waals surface area contributed by atoms with Crippen LogP contribution in [0, 0.1) is 0 Å². The van der Waals surface area contributed by atoms with E-state index >= 15 is 0 Å². The van der Waals surface area contributed by atoms with Crippen LogP contribution in [0.1, 0.15) is 40.9 Å². The topological polar surface area (TPSA) is 119 Å². The van der Waals surface area contributed by atoms with E-state index in [1.54, 1.807) is 0 Å². The van der Waals surface area contributed by atoms with Crippen LogP contribution in [-0.2, 0) is 19.4 Å². The molecule has 0 atom stereocenters. The zero-order chi connectivity index (χ0) is 19.0. The van der Waals surface area contributed by atoms with Crippen molar-refractivity contribution in [1.82, 2.24) is 14.7 Å². The Morgan fingerprint density at radius 3 is 2.63 bits per heavy atom. The van der Waals surface area contributed by atoms with E-state index in [2.05, 4.69) is 10.2 Å². The molecule has 144 valence electrons. The molecule has 1 saturated heterocycles. The summed E-state index contributed by atoms with van der Waals surface area (Å²) in [4.78, 5) is 26.7. The number of thiophene rings is 1. The van der Waals surface area contributed by atoms with Gasteiger partial charge < -0.3 is 16.4 Å². The Balaban J connectivity index is 1.60. The molecule has 3 heterocycles. The zero-order valence-electron chi connectivity index (χ0n) is 15.2. The van der Waals surface area contributed by atoms with E-state index in [0.29, 0.717) is 17.0 Å². The predicted molar refractivity (Wildman–Crippen MR) is 105 cm³/mol. The van der Waals surface area contributed by atoms with Crippen LogP contribution >= 0.6 is 11.3 Å². The van der Waals surface area contributed by atoms with E-state index in [1.807, 2.05) is 10.9 Å². The van der Waals surface area contributed by atoms with Gasteiger partial charge in [-0.15, -0.1) is 11.3 Å². The molecular weight excluding hydrogens is 364 g/mol. The second-order valence-electron chi connectivity index (χ2n) is 7.12. The molecule has 8 nitrogen and oxygen atoms in total. The number of piperidine rings is 1. The first-order valence-corrected chi connectivity index (χ1v) is 10.2. The van der Waals surface area contributed by atoms with Crippen molar-refractivity contribution in [2.75, 3.05) is 25.0 Å². The molecule has 0 radical (unpaired) electrons. The molecule has 0 spiro atoms. The van der Waals surface area contributed by atoms with Crippen LogP contribution in [0.15, 0.2) is 6.20 Å². The van der Waals surface area contributed by atoms with Crippen LogP contribution in [-0.4, -0.2) is 46.3 Å². The van der Waals surface area contributed by atoms with Crippen LogP contribution in [0.25, 0.3) is 10.4 Å². The number of urea groups is 1. The molecule has 0 saturated carbocycles. The highest BCUT2D eigenvalue weighted by Gasteiger charge is 2.29. The van der Waals surface area contributed by atoms with Gasteiger partial charge in [-0.1, -0.05) is 6.42 Å². The molecule has 3 amide bonds. The first kappa shape index (κ1) is 18.0. The van der Waals surface area contributed by atoms with Crippen LogP contribution < -0.4 is 16.8 Å². The van der Waals surface area contributed by atoms with Gasteiger partial charge in [0.15, 0.2) is 0 Å². The van der Waals surface area contributed by atoms with Gasteiger partial charge in [0.25, 0.3) is 5.91 Å². The summed E-state index contributed by atoms with van der Waals surface area (Å²) >= 11 is 1.34. The number of nitrogens with zero attached hydrogens (tertiary/aromatic N) is 3. The minimum atomic E-state index is -0.700. The first-order valence-electron chi connectivity index (χ1n) is 9.34. The van der Waals surface area contributed by atoms with E-state index < -0.39 is 11.9 Å². The fourth-order valence-electron chi connectivity index (χ4n) is 4.00. The van der Waals surface area contributed by atoms with Gasteiger partial charge in [0.05, 0.1) is 17.8 Å². The number of carbonyl (C=O) groups excluding carboxylic acids is 2. The number of hydrogen-bond acceptors (Lipinski definition) is 5. The fourth-order valence-corrected chi connectivity index (χ4v) is 5.29. The molecule has 5 N–H and O–H groups in total. The minimum Gasteiger partial charge on any atom is -0.365 e. The summed E-state index contributed by atoms with van der Waals surface area (Å²) in [7, 11) is 0. The number of fused-ring (bicyclic) bond motifs is 3. The van der Waals surface area contributed by atoms with E-state index in [1.165, 1.54) is 43.7 Å². The van der Waals surface area contributed by atoms with Crippen molar-refractivity contribution in [2.45, 2.75) is 38.6 Å². The van der Waals surface area contributed by atoms with E-state index in [-0.39, 0.29) is 0 Å². The fraction of sp³-hybridized carbons (Fsp3) is 0.500. The number of aryl methyl sites for hydroxylation is 1. The molecule has 2 aromatic heterocycles. The summed E-state index contributed by atoms with van der Waals surface area (Å²) in [6.07, 6.45) is 7.37. The SMILES string of the molecule is NC(=O)Nc1sc2c(c1C(N)=O)CCc1nn(CCN3CCCCC3)cc1-2. The van der Waals surface area contributed by atoms with Crippen molar-refractivity contribution in [3.63, 3.8) is 0 Å². The Hall–Kier alpha value is -2.39. The molecule has 2 aromatic rings. The van der Waals surface area contributed by atoms with Gasteiger partial charge in [0.2, 0.25) is 0 Å². The van der Waals surface area contributed by atoms with E-state index in [0.717, 1.165) is 41.2 Å². The van der Waals surface area contributed by atoms with Crippen molar-refractivity contribution >= 4 is 28.3 Å². The lowest BCUT2D eigenvalue weighted by molar-refractivity contribution is 0.100. The van der Waals surface area contributed by atoms with Crippen molar-refractivity contribution in [3.8, 4) is 10.4 Å². The second-order valence-corrected chi connectivity index (χ2v) is 8.14. The number of hydrogen-bond donors (Lipinski definition) is 3. The molecule has 2 aliphatic rings. The third kappa shape index (κ3) is 3.57. The zero-order valence-corrected chi connectivity index (χ0v) is 16.0. The second kappa shape index (κ2) is 7.32. The summed E-state index contributed by atoms with van der Waals surface area (Å²) in [6.45, 7) is 4.18.